The van der Waals surface area contributed by atoms with Crippen molar-refractivity contribution in [3.8, 4) is 22.3 Å². The van der Waals surface area contributed by atoms with Crippen LogP contribution in [0.3, 0.4) is 0 Å². The minimum Gasteiger partial charge on any atom is -0.456 e. The van der Waals surface area contributed by atoms with Gasteiger partial charge in [-0.25, -0.2) is 0 Å². The third-order valence-corrected chi connectivity index (χ3v) is 16.7. The van der Waals surface area contributed by atoms with Gasteiger partial charge in [0.25, 0.3) is 0 Å². The standard InChI is InChI=1S/C61H61BN2O/c1-36-18-17-19-37(2)56(36)39-29-44-42-31-46-48(61(10,11)27-25-59(46,6)7)34-51(42)64(40-20-13-12-14-21-40)62-49-32-43-41-22-15-16-23-54(41)65-55(43)35-52(49)63(53(30-39)57(44)62)50-33-47-45(28-38(50)3)58(4,5)24-26-60(47,8)9/h12-23,28-35H,24-27H2,1-11H3. The molecule has 0 atom stereocenters. The first-order valence-electron chi connectivity index (χ1n) is 24.1. The summed E-state index contributed by atoms with van der Waals surface area (Å²) in [4.78, 5) is 5.36. The second-order valence-electron chi connectivity index (χ2n) is 22.8. The number of para-hydroxylation sites is 2. The molecule has 0 fully saturated rings. The molecule has 2 aliphatic heterocycles. The SMILES string of the molecule is Cc1cc2c(cc1N1c3cc4oc5ccccc5c4cc3B3c4c(cc(-c5c(C)cccc5C)cc41)-c1cc4c(cc1N3c1ccccc1)C(C)(C)CCC4(C)C)C(C)(C)CCC2(C)C. The first-order valence-corrected chi connectivity index (χ1v) is 24.1. The van der Waals surface area contributed by atoms with E-state index >= 15 is 0 Å². The molecule has 65 heavy (non-hydrogen) atoms. The Morgan fingerprint density at radius 2 is 1.05 bits per heavy atom. The molecule has 0 bridgehead atoms. The summed E-state index contributed by atoms with van der Waals surface area (Å²) in [6.45, 7) is 26.5. The molecule has 3 nitrogen and oxygen atoms in total. The Labute approximate surface area is 386 Å². The molecule has 3 heterocycles. The molecule has 0 N–H and O–H groups in total. The molecular weight excluding hydrogens is 787 g/mol. The van der Waals surface area contributed by atoms with E-state index in [1.165, 1.54) is 107 Å². The largest absolute Gasteiger partial charge is 0.456 e. The van der Waals surface area contributed by atoms with Crippen LogP contribution in [0.1, 0.15) is 120 Å². The second kappa shape index (κ2) is 13.5. The van der Waals surface area contributed by atoms with Crippen LogP contribution < -0.4 is 20.6 Å². The van der Waals surface area contributed by atoms with Crippen molar-refractivity contribution >= 4 is 68.1 Å². The molecule has 0 saturated carbocycles. The van der Waals surface area contributed by atoms with Gasteiger partial charge in [0.15, 0.2) is 0 Å². The minimum absolute atomic E-state index is 0.0411. The minimum atomic E-state index is -0.114. The lowest BCUT2D eigenvalue weighted by atomic mass is 9.43. The quantitative estimate of drug-likeness (QED) is 0.165. The molecule has 8 aromatic rings. The highest BCUT2D eigenvalue weighted by Crippen LogP contribution is 2.55. The van der Waals surface area contributed by atoms with E-state index in [0.29, 0.717) is 0 Å². The number of hydrogen-bond donors (Lipinski definition) is 0. The third kappa shape index (κ3) is 5.81. The van der Waals surface area contributed by atoms with E-state index in [4.69, 9.17) is 4.42 Å². The Bertz CT molecular complexity index is 3310. The number of aryl methyl sites for hydroxylation is 3. The normalized spacial score (nSPS) is 18.2. The van der Waals surface area contributed by atoms with Gasteiger partial charge in [-0.2, -0.15) is 0 Å². The van der Waals surface area contributed by atoms with Gasteiger partial charge in [-0.15, -0.1) is 0 Å². The second-order valence-corrected chi connectivity index (χ2v) is 22.8. The molecule has 12 rings (SSSR count). The summed E-state index contributed by atoms with van der Waals surface area (Å²) in [5.74, 6) is 0. The Morgan fingerprint density at radius 1 is 0.462 bits per heavy atom. The van der Waals surface area contributed by atoms with Gasteiger partial charge in [0, 0.05) is 50.8 Å². The highest BCUT2D eigenvalue weighted by atomic mass is 16.3. The zero-order chi connectivity index (χ0) is 45.1. The average molecular weight is 849 g/mol. The van der Waals surface area contributed by atoms with Crippen molar-refractivity contribution in [2.45, 2.75) is 124 Å². The van der Waals surface area contributed by atoms with Crippen molar-refractivity contribution < 1.29 is 4.42 Å². The van der Waals surface area contributed by atoms with E-state index in [2.05, 4.69) is 207 Å². The van der Waals surface area contributed by atoms with Crippen molar-refractivity contribution in [3.05, 3.63) is 160 Å². The highest BCUT2D eigenvalue weighted by molar-refractivity contribution is 6.93. The smallest absolute Gasteiger partial charge is 0.333 e. The van der Waals surface area contributed by atoms with Crippen LogP contribution in [0, 0.1) is 20.8 Å². The fourth-order valence-electron chi connectivity index (χ4n) is 12.7. The fraction of sp³-hybridized carbons (Fsp3) is 0.311. The van der Waals surface area contributed by atoms with Gasteiger partial charge in [-0.1, -0.05) is 122 Å². The molecule has 1 aromatic heterocycles. The van der Waals surface area contributed by atoms with Crippen LogP contribution in [0.2, 0.25) is 0 Å². The Balaban J connectivity index is 1.27. The van der Waals surface area contributed by atoms with Crippen LogP contribution in [0.25, 0.3) is 44.2 Å². The van der Waals surface area contributed by atoms with E-state index in [1.54, 1.807) is 0 Å². The van der Waals surface area contributed by atoms with Gasteiger partial charge in [0.1, 0.15) is 11.2 Å². The summed E-state index contributed by atoms with van der Waals surface area (Å²) >= 11 is 0. The van der Waals surface area contributed by atoms with Crippen molar-refractivity contribution in [2.75, 3.05) is 9.71 Å². The average Bonchev–Trinajstić information content (AvgIpc) is 3.64. The number of furan rings is 1. The number of benzene rings is 7. The molecule has 0 saturated heterocycles. The summed E-state index contributed by atoms with van der Waals surface area (Å²) < 4.78 is 6.84. The van der Waals surface area contributed by atoms with E-state index in [9.17, 15) is 0 Å². The predicted molar refractivity (Wildman–Crippen MR) is 278 cm³/mol. The predicted octanol–water partition coefficient (Wildman–Crippen LogP) is 15.6. The summed E-state index contributed by atoms with van der Waals surface area (Å²) in [7, 11) is 0. The molecule has 0 spiro atoms. The summed E-state index contributed by atoms with van der Waals surface area (Å²) in [5.41, 5.74) is 25.9. The molecule has 7 aromatic carbocycles. The lowest BCUT2D eigenvalue weighted by molar-refractivity contribution is 0.332. The molecule has 0 unspecified atom stereocenters. The highest BCUT2D eigenvalue weighted by Gasteiger charge is 2.48. The van der Waals surface area contributed by atoms with Crippen molar-refractivity contribution in [1.82, 2.24) is 0 Å². The van der Waals surface area contributed by atoms with Crippen LogP contribution in [0.4, 0.5) is 28.4 Å². The maximum Gasteiger partial charge on any atom is 0.333 e. The lowest BCUT2D eigenvalue weighted by Crippen LogP contribution is -2.61. The van der Waals surface area contributed by atoms with E-state index in [-0.39, 0.29) is 28.5 Å². The fourth-order valence-corrected chi connectivity index (χ4v) is 12.7. The Morgan fingerprint density at radius 3 is 1.71 bits per heavy atom. The van der Waals surface area contributed by atoms with Crippen molar-refractivity contribution in [2.24, 2.45) is 0 Å². The molecular formula is C61H61BN2O. The summed E-state index contributed by atoms with van der Waals surface area (Å²) in [5, 5.41) is 2.32. The number of anilines is 5. The first kappa shape index (κ1) is 40.5. The maximum atomic E-state index is 6.84. The van der Waals surface area contributed by atoms with Gasteiger partial charge in [-0.3, -0.25) is 0 Å². The van der Waals surface area contributed by atoms with Crippen LogP contribution in [-0.4, -0.2) is 6.85 Å². The van der Waals surface area contributed by atoms with E-state index in [0.717, 1.165) is 41.2 Å². The summed E-state index contributed by atoms with van der Waals surface area (Å²) in [6, 6.07) is 46.9. The summed E-state index contributed by atoms with van der Waals surface area (Å²) in [6.07, 6.45) is 4.67. The van der Waals surface area contributed by atoms with Gasteiger partial charge in [0.2, 0.25) is 0 Å². The van der Waals surface area contributed by atoms with Crippen molar-refractivity contribution in [1.29, 1.82) is 0 Å². The van der Waals surface area contributed by atoms with E-state index in [1.807, 2.05) is 0 Å². The Kier molecular flexibility index (Phi) is 8.44. The maximum absolute atomic E-state index is 6.84. The third-order valence-electron chi connectivity index (χ3n) is 16.7. The van der Waals surface area contributed by atoms with Gasteiger partial charge < -0.3 is 14.1 Å². The van der Waals surface area contributed by atoms with Gasteiger partial charge in [-0.05, 0) is 183 Å². The van der Waals surface area contributed by atoms with E-state index < -0.39 is 0 Å². The molecule has 324 valence electrons. The van der Waals surface area contributed by atoms with Crippen molar-refractivity contribution in [3.63, 3.8) is 0 Å². The molecule has 4 heteroatoms. The van der Waals surface area contributed by atoms with Crippen LogP contribution in [0.15, 0.2) is 126 Å². The number of hydrogen-bond acceptors (Lipinski definition) is 3. The molecule has 0 radical (unpaired) electrons. The van der Waals surface area contributed by atoms with Crippen LogP contribution in [-0.2, 0) is 21.7 Å². The first-order chi connectivity index (χ1) is 30.9. The molecule has 0 amide bonds. The number of nitrogens with zero attached hydrogens (tertiary/aromatic N) is 2. The zero-order valence-corrected chi connectivity index (χ0v) is 40.3. The van der Waals surface area contributed by atoms with Gasteiger partial charge >= 0.3 is 6.85 Å². The van der Waals surface area contributed by atoms with Gasteiger partial charge in [0.05, 0.1) is 0 Å². The lowest BCUT2D eigenvalue weighted by Gasteiger charge is -2.49. The topological polar surface area (TPSA) is 19.6 Å². The van der Waals surface area contributed by atoms with Crippen LogP contribution in [0.5, 0.6) is 0 Å². The van der Waals surface area contributed by atoms with Crippen LogP contribution >= 0.6 is 0 Å². The zero-order valence-electron chi connectivity index (χ0n) is 40.3. The number of rotatable bonds is 3. The molecule has 4 aliphatic rings. The monoisotopic (exact) mass is 848 g/mol. The molecule has 2 aliphatic carbocycles. The Hall–Kier alpha value is -6.00. The number of fused-ring (bicyclic) bond motifs is 9.